The third-order valence-electron chi connectivity index (χ3n) is 3.84. The summed E-state index contributed by atoms with van der Waals surface area (Å²) in [7, 11) is 0. The van der Waals surface area contributed by atoms with Gasteiger partial charge in [0.15, 0.2) is 0 Å². The van der Waals surface area contributed by atoms with Crippen molar-refractivity contribution in [3.8, 4) is 5.88 Å². The fourth-order valence-corrected chi connectivity index (χ4v) is 4.06. The van der Waals surface area contributed by atoms with E-state index in [1.54, 1.807) is 0 Å². The summed E-state index contributed by atoms with van der Waals surface area (Å²) in [5, 5.41) is 10.8. The van der Waals surface area contributed by atoms with Gasteiger partial charge in [0.1, 0.15) is 0 Å². The summed E-state index contributed by atoms with van der Waals surface area (Å²) in [6.07, 6.45) is 4.05. The van der Waals surface area contributed by atoms with Gasteiger partial charge in [-0.15, -0.1) is 0 Å². The minimum Gasteiger partial charge on any atom is -0.494 e. The number of aromatic hydroxyl groups is 1. The van der Waals surface area contributed by atoms with Crippen LogP contribution in [0.2, 0.25) is 0 Å². The van der Waals surface area contributed by atoms with Gasteiger partial charge < -0.3 is 5.11 Å². The first-order chi connectivity index (χ1) is 9.58. The Hall–Kier alpha value is -1.17. The molecule has 0 aromatic carbocycles. The molecule has 0 spiro atoms. The topological polar surface area (TPSA) is 75.1 Å². The van der Waals surface area contributed by atoms with E-state index in [0.29, 0.717) is 17.2 Å². The average Bonchev–Trinajstić information content (AvgIpc) is 2.83. The zero-order chi connectivity index (χ0) is 14.7. The Morgan fingerprint density at radius 1 is 1.35 bits per heavy atom. The van der Waals surface area contributed by atoms with Gasteiger partial charge in [0.2, 0.25) is 5.88 Å². The summed E-state index contributed by atoms with van der Waals surface area (Å²) in [5.41, 5.74) is -0.610. The summed E-state index contributed by atoms with van der Waals surface area (Å²) < 4.78 is 1.39. The van der Waals surface area contributed by atoms with Crippen LogP contribution in [0.4, 0.5) is 0 Å². The van der Waals surface area contributed by atoms with Gasteiger partial charge in [-0.1, -0.05) is 20.3 Å². The van der Waals surface area contributed by atoms with Crippen molar-refractivity contribution < 1.29 is 5.11 Å². The molecule has 1 heterocycles. The number of rotatable bonds is 5. The molecule has 1 aromatic rings. The molecule has 1 aliphatic carbocycles. The molecule has 112 valence electrons. The molecule has 20 heavy (non-hydrogen) atoms. The summed E-state index contributed by atoms with van der Waals surface area (Å²) >= 11 is 1.90. The van der Waals surface area contributed by atoms with Crippen molar-refractivity contribution in [1.82, 2.24) is 9.55 Å². The SMILES string of the molecule is CCCc1c(O)n(C2CCC(SCC)C2)c(=O)[nH]c1=O. The van der Waals surface area contributed by atoms with Crippen molar-refractivity contribution in [1.29, 1.82) is 0 Å². The highest BCUT2D eigenvalue weighted by molar-refractivity contribution is 7.99. The normalized spacial score (nSPS) is 22.3. The monoisotopic (exact) mass is 298 g/mol. The lowest BCUT2D eigenvalue weighted by Gasteiger charge is -2.17. The van der Waals surface area contributed by atoms with E-state index in [0.717, 1.165) is 31.4 Å². The zero-order valence-electron chi connectivity index (χ0n) is 12.0. The highest BCUT2D eigenvalue weighted by Gasteiger charge is 2.29. The molecule has 2 unspecified atom stereocenters. The quantitative estimate of drug-likeness (QED) is 0.872. The molecule has 6 heteroatoms. The fraction of sp³-hybridized carbons (Fsp3) is 0.714. The maximum absolute atomic E-state index is 12.0. The van der Waals surface area contributed by atoms with Crippen LogP contribution in [0.5, 0.6) is 5.88 Å². The minimum absolute atomic E-state index is 0.000920. The van der Waals surface area contributed by atoms with Crippen LogP contribution in [0.15, 0.2) is 9.59 Å². The van der Waals surface area contributed by atoms with E-state index in [1.165, 1.54) is 4.57 Å². The average molecular weight is 298 g/mol. The molecular formula is C14H22N2O3S. The van der Waals surface area contributed by atoms with E-state index < -0.39 is 11.2 Å². The molecule has 0 amide bonds. The van der Waals surface area contributed by atoms with Gasteiger partial charge in [0.05, 0.1) is 5.56 Å². The molecule has 2 atom stereocenters. The predicted octanol–water partition coefficient (Wildman–Crippen LogP) is 2.04. The number of aromatic nitrogens is 2. The highest BCUT2D eigenvalue weighted by Crippen LogP contribution is 2.37. The molecule has 0 saturated heterocycles. The van der Waals surface area contributed by atoms with Gasteiger partial charge in [-0.3, -0.25) is 14.3 Å². The first-order valence-electron chi connectivity index (χ1n) is 7.26. The second-order valence-corrected chi connectivity index (χ2v) is 6.80. The molecule has 2 N–H and O–H groups in total. The number of hydrogen-bond acceptors (Lipinski definition) is 4. The molecule has 0 aliphatic heterocycles. The van der Waals surface area contributed by atoms with Gasteiger partial charge in [0.25, 0.3) is 5.56 Å². The first-order valence-corrected chi connectivity index (χ1v) is 8.31. The molecule has 0 bridgehead atoms. The third-order valence-corrected chi connectivity index (χ3v) is 5.07. The minimum atomic E-state index is -0.487. The number of thioether (sulfide) groups is 1. The Labute approximate surface area is 122 Å². The Kier molecular flexibility index (Phi) is 4.96. The van der Waals surface area contributed by atoms with Gasteiger partial charge in [-0.2, -0.15) is 11.8 Å². The number of aromatic amines is 1. The Balaban J connectivity index is 2.35. The predicted molar refractivity (Wildman–Crippen MR) is 81.8 cm³/mol. The van der Waals surface area contributed by atoms with Crippen molar-refractivity contribution in [3.63, 3.8) is 0 Å². The van der Waals surface area contributed by atoms with Crippen LogP contribution in [0, 0.1) is 0 Å². The standard InChI is InChI=1S/C14H22N2O3S/c1-3-5-11-12(17)15-14(19)16(13(11)18)9-6-7-10(8-9)20-4-2/h9-10,18H,3-8H2,1-2H3,(H,15,17,19). The summed E-state index contributed by atoms with van der Waals surface area (Å²) in [6.45, 7) is 4.07. The smallest absolute Gasteiger partial charge is 0.331 e. The summed E-state index contributed by atoms with van der Waals surface area (Å²) in [6, 6.07) is -0.000920. The molecule has 0 radical (unpaired) electrons. The van der Waals surface area contributed by atoms with Crippen LogP contribution in [0.25, 0.3) is 0 Å². The number of H-pyrrole nitrogens is 1. The van der Waals surface area contributed by atoms with Crippen LogP contribution in [-0.2, 0) is 6.42 Å². The molecule has 5 nitrogen and oxygen atoms in total. The molecule has 1 fully saturated rings. The van der Waals surface area contributed by atoms with E-state index in [-0.39, 0.29) is 11.9 Å². The van der Waals surface area contributed by atoms with E-state index in [9.17, 15) is 14.7 Å². The van der Waals surface area contributed by atoms with Crippen LogP contribution in [0.1, 0.15) is 51.1 Å². The summed E-state index contributed by atoms with van der Waals surface area (Å²) in [5.74, 6) is 0.929. The number of nitrogens with zero attached hydrogens (tertiary/aromatic N) is 1. The largest absolute Gasteiger partial charge is 0.494 e. The van der Waals surface area contributed by atoms with E-state index in [1.807, 2.05) is 18.7 Å². The van der Waals surface area contributed by atoms with E-state index in [4.69, 9.17) is 0 Å². The molecule has 1 aliphatic rings. The third kappa shape index (κ3) is 2.95. The zero-order valence-corrected chi connectivity index (χ0v) is 12.8. The lowest BCUT2D eigenvalue weighted by Crippen LogP contribution is -2.34. The second-order valence-electron chi connectivity index (χ2n) is 5.23. The van der Waals surface area contributed by atoms with Crippen LogP contribution >= 0.6 is 11.8 Å². The number of hydrogen-bond donors (Lipinski definition) is 2. The van der Waals surface area contributed by atoms with Gasteiger partial charge in [0, 0.05) is 11.3 Å². The fourth-order valence-electron chi connectivity index (χ4n) is 2.93. The van der Waals surface area contributed by atoms with Crippen LogP contribution in [-0.4, -0.2) is 25.7 Å². The lowest BCUT2D eigenvalue weighted by molar-refractivity contribution is 0.357. The maximum atomic E-state index is 12.0. The van der Waals surface area contributed by atoms with Crippen molar-refractivity contribution in [2.75, 3.05) is 5.75 Å². The Morgan fingerprint density at radius 2 is 2.10 bits per heavy atom. The van der Waals surface area contributed by atoms with Crippen molar-refractivity contribution in [2.45, 2.75) is 57.2 Å². The molecule has 1 aromatic heterocycles. The van der Waals surface area contributed by atoms with Crippen molar-refractivity contribution in [2.24, 2.45) is 0 Å². The van der Waals surface area contributed by atoms with Crippen LogP contribution in [0.3, 0.4) is 0 Å². The van der Waals surface area contributed by atoms with Crippen LogP contribution < -0.4 is 11.2 Å². The highest BCUT2D eigenvalue weighted by atomic mass is 32.2. The van der Waals surface area contributed by atoms with Crippen molar-refractivity contribution in [3.05, 3.63) is 26.4 Å². The molecule has 1 saturated carbocycles. The first kappa shape index (κ1) is 15.2. The number of nitrogens with one attached hydrogen (secondary N) is 1. The van der Waals surface area contributed by atoms with Gasteiger partial charge >= 0.3 is 5.69 Å². The van der Waals surface area contributed by atoms with Gasteiger partial charge in [-0.05, 0) is 31.4 Å². The van der Waals surface area contributed by atoms with E-state index >= 15 is 0 Å². The van der Waals surface area contributed by atoms with Crippen molar-refractivity contribution >= 4 is 11.8 Å². The second kappa shape index (κ2) is 6.52. The van der Waals surface area contributed by atoms with E-state index in [2.05, 4.69) is 11.9 Å². The Bertz CT molecular complexity index is 579. The molecule has 2 rings (SSSR count). The summed E-state index contributed by atoms with van der Waals surface area (Å²) in [4.78, 5) is 26.1. The molecular weight excluding hydrogens is 276 g/mol. The lowest BCUT2D eigenvalue weighted by atomic mass is 10.1. The van der Waals surface area contributed by atoms with Gasteiger partial charge in [-0.25, -0.2) is 4.79 Å². The Morgan fingerprint density at radius 3 is 2.75 bits per heavy atom. The maximum Gasteiger partial charge on any atom is 0.331 e.